The largest absolute Gasteiger partial charge is 0.331 e. The second-order valence-electron chi connectivity index (χ2n) is 9.50. The Balaban J connectivity index is 1.84. The molecular weight excluding hydrogens is 471 g/mol. The number of halogens is 2. The molecule has 0 saturated heterocycles. The van der Waals surface area contributed by atoms with E-state index in [-0.39, 0.29) is 36.2 Å². The molecule has 0 aliphatic rings. The summed E-state index contributed by atoms with van der Waals surface area (Å²) in [4.78, 5) is 27.6. The summed E-state index contributed by atoms with van der Waals surface area (Å²) in [5.74, 6) is 0.0778. The van der Waals surface area contributed by atoms with Crippen LogP contribution in [0.2, 0.25) is 10.0 Å². The molecule has 2 amide bonds. The number of carbonyl (C=O) groups excluding carboxylic acids is 2. The zero-order valence-corrected chi connectivity index (χ0v) is 21.6. The maximum absolute atomic E-state index is 13.1. The van der Waals surface area contributed by atoms with Crippen LogP contribution in [0.25, 0.3) is 5.69 Å². The van der Waals surface area contributed by atoms with Gasteiger partial charge in [0.2, 0.25) is 11.8 Å². The lowest BCUT2D eigenvalue weighted by atomic mass is 9.92. The van der Waals surface area contributed by atoms with Crippen molar-refractivity contribution in [1.82, 2.24) is 14.7 Å². The monoisotopic (exact) mass is 500 g/mol. The standard InChI is InChI=1S/C26H30Cl2N4O2/c1-17(2)31(25(34)13-18-9-7-6-8-10-18)16-24(33)29-23-15-22(26(3,4)5)30-32(23)19-11-12-20(27)21(28)14-19/h6-12,14-15,17H,13,16H2,1-5H3,(H,29,33). The molecule has 0 atom stereocenters. The molecule has 0 unspecified atom stereocenters. The van der Waals surface area contributed by atoms with Gasteiger partial charge in [0, 0.05) is 17.5 Å². The number of nitrogens with one attached hydrogen (secondary N) is 1. The van der Waals surface area contributed by atoms with E-state index in [4.69, 9.17) is 28.3 Å². The Bertz CT molecular complexity index is 1170. The minimum Gasteiger partial charge on any atom is -0.331 e. The van der Waals surface area contributed by atoms with Crippen LogP contribution in [0, 0.1) is 0 Å². The molecule has 0 bridgehead atoms. The third-order valence-electron chi connectivity index (χ3n) is 5.35. The third kappa shape index (κ3) is 6.39. The van der Waals surface area contributed by atoms with E-state index in [2.05, 4.69) is 5.32 Å². The van der Waals surface area contributed by atoms with Crippen molar-refractivity contribution >= 4 is 40.8 Å². The van der Waals surface area contributed by atoms with E-state index in [9.17, 15) is 9.59 Å². The van der Waals surface area contributed by atoms with Crippen LogP contribution in [0.4, 0.5) is 5.82 Å². The SMILES string of the molecule is CC(C)N(CC(=O)Nc1cc(C(C)(C)C)nn1-c1ccc(Cl)c(Cl)c1)C(=O)Cc1ccccc1. The van der Waals surface area contributed by atoms with Gasteiger partial charge < -0.3 is 10.2 Å². The Morgan fingerprint density at radius 3 is 2.29 bits per heavy atom. The Morgan fingerprint density at radius 1 is 1.03 bits per heavy atom. The summed E-state index contributed by atoms with van der Waals surface area (Å²) in [5, 5.41) is 8.46. The van der Waals surface area contributed by atoms with E-state index in [0.717, 1.165) is 11.3 Å². The van der Waals surface area contributed by atoms with E-state index in [0.29, 0.717) is 21.6 Å². The van der Waals surface area contributed by atoms with Gasteiger partial charge in [-0.05, 0) is 37.6 Å². The zero-order valence-electron chi connectivity index (χ0n) is 20.1. The van der Waals surface area contributed by atoms with Gasteiger partial charge >= 0.3 is 0 Å². The number of hydrogen-bond acceptors (Lipinski definition) is 3. The van der Waals surface area contributed by atoms with Gasteiger partial charge in [0.25, 0.3) is 0 Å². The minimum absolute atomic E-state index is 0.0687. The molecule has 0 aliphatic heterocycles. The molecule has 34 heavy (non-hydrogen) atoms. The fourth-order valence-corrected chi connectivity index (χ4v) is 3.71. The molecule has 0 fully saturated rings. The van der Waals surface area contributed by atoms with Gasteiger partial charge in [-0.2, -0.15) is 5.10 Å². The van der Waals surface area contributed by atoms with Crippen molar-refractivity contribution in [1.29, 1.82) is 0 Å². The summed E-state index contributed by atoms with van der Waals surface area (Å²) in [6.45, 7) is 9.86. The fourth-order valence-electron chi connectivity index (χ4n) is 3.42. The summed E-state index contributed by atoms with van der Waals surface area (Å²) < 4.78 is 1.63. The number of nitrogens with zero attached hydrogens (tertiary/aromatic N) is 3. The first-order valence-corrected chi connectivity index (χ1v) is 11.9. The molecule has 8 heteroatoms. The molecule has 6 nitrogen and oxygen atoms in total. The van der Waals surface area contributed by atoms with Gasteiger partial charge in [-0.3, -0.25) is 9.59 Å². The average molecular weight is 501 g/mol. The summed E-state index contributed by atoms with van der Waals surface area (Å²) in [6, 6.07) is 16.4. The first kappa shape index (κ1) is 25.8. The highest BCUT2D eigenvalue weighted by atomic mass is 35.5. The van der Waals surface area contributed by atoms with E-state index < -0.39 is 0 Å². The zero-order chi connectivity index (χ0) is 25.0. The van der Waals surface area contributed by atoms with Crippen LogP contribution >= 0.6 is 23.2 Å². The highest BCUT2D eigenvalue weighted by molar-refractivity contribution is 6.42. The Morgan fingerprint density at radius 2 is 1.71 bits per heavy atom. The van der Waals surface area contributed by atoms with Gasteiger partial charge in [0.1, 0.15) is 12.4 Å². The van der Waals surface area contributed by atoms with Gasteiger partial charge in [0.15, 0.2) is 0 Å². The lowest BCUT2D eigenvalue weighted by Gasteiger charge is -2.26. The quantitative estimate of drug-likeness (QED) is 0.439. The lowest BCUT2D eigenvalue weighted by Crippen LogP contribution is -2.43. The van der Waals surface area contributed by atoms with Crippen molar-refractivity contribution in [3.05, 3.63) is 75.9 Å². The average Bonchev–Trinajstić information content (AvgIpc) is 3.18. The van der Waals surface area contributed by atoms with Crippen molar-refractivity contribution in [2.24, 2.45) is 0 Å². The number of hydrogen-bond donors (Lipinski definition) is 1. The maximum atomic E-state index is 13.1. The van der Waals surface area contributed by atoms with Crippen LogP contribution in [0.3, 0.4) is 0 Å². The van der Waals surface area contributed by atoms with Crippen molar-refractivity contribution in [3.63, 3.8) is 0 Å². The van der Waals surface area contributed by atoms with Crippen LogP contribution in [0.1, 0.15) is 45.9 Å². The smallest absolute Gasteiger partial charge is 0.245 e. The molecule has 1 aromatic heterocycles. The number of anilines is 1. The Kier molecular flexibility index (Phi) is 8.05. The van der Waals surface area contributed by atoms with Crippen LogP contribution in [0.15, 0.2) is 54.6 Å². The molecule has 1 N–H and O–H groups in total. The minimum atomic E-state index is -0.309. The topological polar surface area (TPSA) is 67.2 Å². The first-order chi connectivity index (χ1) is 16.0. The Hall–Kier alpha value is -2.83. The first-order valence-electron chi connectivity index (χ1n) is 11.1. The second kappa shape index (κ2) is 10.6. The van der Waals surface area contributed by atoms with E-state index in [1.54, 1.807) is 27.8 Å². The highest BCUT2D eigenvalue weighted by Gasteiger charge is 2.24. The van der Waals surface area contributed by atoms with Crippen LogP contribution < -0.4 is 5.32 Å². The summed E-state index contributed by atoms with van der Waals surface area (Å²) in [7, 11) is 0. The molecule has 0 aliphatic carbocycles. The summed E-state index contributed by atoms with van der Waals surface area (Å²) in [6.07, 6.45) is 0.238. The second-order valence-corrected chi connectivity index (χ2v) is 10.3. The normalized spacial score (nSPS) is 11.5. The molecule has 1 heterocycles. The molecule has 0 spiro atoms. The molecule has 2 aromatic carbocycles. The number of amides is 2. The number of carbonyl (C=O) groups is 2. The van der Waals surface area contributed by atoms with Gasteiger partial charge in [0.05, 0.1) is 27.8 Å². The van der Waals surface area contributed by atoms with Crippen molar-refractivity contribution in [2.75, 3.05) is 11.9 Å². The highest BCUT2D eigenvalue weighted by Crippen LogP contribution is 2.29. The molecule has 0 radical (unpaired) electrons. The van der Waals surface area contributed by atoms with Crippen LogP contribution in [0.5, 0.6) is 0 Å². The molecule has 0 saturated carbocycles. The van der Waals surface area contributed by atoms with Gasteiger partial charge in [-0.15, -0.1) is 0 Å². The van der Waals surface area contributed by atoms with Crippen molar-refractivity contribution < 1.29 is 9.59 Å². The number of benzene rings is 2. The molecular formula is C26H30Cl2N4O2. The van der Waals surface area contributed by atoms with Crippen LogP contribution in [-0.4, -0.2) is 39.1 Å². The lowest BCUT2D eigenvalue weighted by molar-refractivity contribution is -0.135. The summed E-state index contributed by atoms with van der Waals surface area (Å²) in [5.41, 5.74) is 2.14. The van der Waals surface area contributed by atoms with E-state index in [1.807, 2.05) is 71.0 Å². The maximum Gasteiger partial charge on any atom is 0.245 e. The number of rotatable bonds is 7. The van der Waals surface area contributed by atoms with E-state index in [1.165, 1.54) is 0 Å². The molecule has 180 valence electrons. The Labute approximate surface area is 210 Å². The van der Waals surface area contributed by atoms with E-state index >= 15 is 0 Å². The fraction of sp³-hybridized carbons (Fsp3) is 0.346. The third-order valence-corrected chi connectivity index (χ3v) is 6.09. The van der Waals surface area contributed by atoms with Crippen LogP contribution in [-0.2, 0) is 21.4 Å². The predicted molar refractivity (Wildman–Crippen MR) is 138 cm³/mol. The molecule has 3 rings (SSSR count). The van der Waals surface area contributed by atoms with Crippen molar-refractivity contribution in [2.45, 2.75) is 52.5 Å². The van der Waals surface area contributed by atoms with Gasteiger partial charge in [-0.25, -0.2) is 4.68 Å². The summed E-state index contributed by atoms with van der Waals surface area (Å²) >= 11 is 12.3. The van der Waals surface area contributed by atoms with Crippen molar-refractivity contribution in [3.8, 4) is 5.69 Å². The van der Waals surface area contributed by atoms with Gasteiger partial charge in [-0.1, -0.05) is 74.3 Å². The predicted octanol–water partition coefficient (Wildman–Crippen LogP) is 5.89. The molecule has 3 aromatic rings. The number of aromatic nitrogens is 2.